The molecular weight excluding hydrogens is 617 g/mol. The standard InChI is InChI=1S/C49H34N2/c1-2-36(30-31-50)51(37-21-10-5-11-22-37)38-23-14-20-35(32-38)39-28-29-44-47-40(39)26-15-27-43(47)48-45(33-16-6-3-7-17-33)41-24-12-13-25-42(41)46(49(44)48)34-18-8-4-9-19-34/h2-32,50H,1H2/b36-30+,50-31?. The normalized spacial score (nSPS) is 11.8. The summed E-state index contributed by atoms with van der Waals surface area (Å²) in [4.78, 5) is 2.15. The van der Waals surface area contributed by atoms with Crippen molar-refractivity contribution in [2.24, 2.45) is 0 Å². The summed E-state index contributed by atoms with van der Waals surface area (Å²) in [6.07, 6.45) is 4.90. The Hall–Kier alpha value is -6.77. The average Bonchev–Trinajstić information content (AvgIpc) is 3.52. The second kappa shape index (κ2) is 12.6. The molecule has 2 nitrogen and oxygen atoms in total. The van der Waals surface area contributed by atoms with E-state index in [2.05, 4.69) is 163 Å². The van der Waals surface area contributed by atoms with E-state index in [1.807, 2.05) is 18.2 Å². The fraction of sp³-hybridized carbons (Fsp3) is 0. The summed E-state index contributed by atoms with van der Waals surface area (Å²) in [5.74, 6) is 0. The van der Waals surface area contributed by atoms with Crippen LogP contribution in [0.5, 0.6) is 0 Å². The molecule has 0 heterocycles. The van der Waals surface area contributed by atoms with Crippen molar-refractivity contribution >= 4 is 39.1 Å². The van der Waals surface area contributed by atoms with Gasteiger partial charge in [0.1, 0.15) is 0 Å². The molecule has 0 radical (unpaired) electrons. The largest absolute Gasteiger partial charge is 0.310 e. The maximum atomic E-state index is 7.83. The van der Waals surface area contributed by atoms with Gasteiger partial charge in [-0.2, -0.15) is 0 Å². The molecule has 0 bridgehead atoms. The van der Waals surface area contributed by atoms with Gasteiger partial charge in [-0.25, -0.2) is 0 Å². The lowest BCUT2D eigenvalue weighted by atomic mass is 9.82. The minimum atomic E-state index is 0.832. The van der Waals surface area contributed by atoms with Gasteiger partial charge in [-0.3, -0.25) is 0 Å². The summed E-state index contributed by atoms with van der Waals surface area (Å²) in [6.45, 7) is 4.08. The maximum Gasteiger partial charge on any atom is 0.0470 e. The van der Waals surface area contributed by atoms with Gasteiger partial charge in [-0.1, -0.05) is 152 Å². The van der Waals surface area contributed by atoms with Crippen LogP contribution in [0, 0.1) is 5.41 Å². The molecule has 0 unspecified atom stereocenters. The monoisotopic (exact) mass is 650 g/mol. The lowest BCUT2D eigenvalue weighted by molar-refractivity contribution is 1.21. The first-order valence-corrected chi connectivity index (χ1v) is 17.3. The number of hydrogen-bond donors (Lipinski definition) is 1. The van der Waals surface area contributed by atoms with Crippen molar-refractivity contribution in [1.82, 2.24) is 0 Å². The van der Waals surface area contributed by atoms with Crippen LogP contribution in [0.2, 0.25) is 0 Å². The number of allylic oxidation sites excluding steroid dienone is 2. The van der Waals surface area contributed by atoms with Gasteiger partial charge in [0.2, 0.25) is 0 Å². The zero-order valence-electron chi connectivity index (χ0n) is 28.1. The molecule has 0 amide bonds. The van der Waals surface area contributed by atoms with Crippen LogP contribution in [0.1, 0.15) is 0 Å². The van der Waals surface area contributed by atoms with Crippen molar-refractivity contribution in [2.75, 3.05) is 4.90 Å². The van der Waals surface area contributed by atoms with Crippen LogP contribution in [0.15, 0.2) is 194 Å². The molecule has 0 saturated heterocycles. The number of nitrogens with zero attached hydrogens (tertiary/aromatic N) is 1. The molecule has 1 N–H and O–H groups in total. The number of hydrogen-bond acceptors (Lipinski definition) is 2. The second-order valence-corrected chi connectivity index (χ2v) is 12.9. The summed E-state index contributed by atoms with van der Waals surface area (Å²) >= 11 is 0. The summed E-state index contributed by atoms with van der Waals surface area (Å²) in [7, 11) is 0. The first kappa shape index (κ1) is 30.3. The average molecular weight is 651 g/mol. The highest BCUT2D eigenvalue weighted by atomic mass is 15.1. The Morgan fingerprint density at radius 2 is 0.941 bits per heavy atom. The molecule has 0 atom stereocenters. The van der Waals surface area contributed by atoms with Crippen molar-refractivity contribution < 1.29 is 0 Å². The number of rotatable bonds is 8. The first-order valence-electron chi connectivity index (χ1n) is 17.3. The third-order valence-corrected chi connectivity index (χ3v) is 10.1. The molecule has 0 fully saturated rings. The minimum absolute atomic E-state index is 0.832. The van der Waals surface area contributed by atoms with E-state index in [1.54, 1.807) is 12.2 Å². The molecule has 8 aromatic rings. The molecule has 9 rings (SSSR count). The Morgan fingerprint density at radius 3 is 1.55 bits per heavy atom. The highest BCUT2D eigenvalue weighted by molar-refractivity contribution is 6.28. The van der Waals surface area contributed by atoms with Crippen molar-refractivity contribution in [3.63, 3.8) is 0 Å². The Morgan fingerprint density at radius 1 is 0.451 bits per heavy atom. The maximum absolute atomic E-state index is 7.83. The van der Waals surface area contributed by atoms with E-state index in [1.165, 1.54) is 77.8 Å². The molecule has 0 saturated carbocycles. The molecule has 1 aliphatic carbocycles. The molecule has 0 spiro atoms. The van der Waals surface area contributed by atoms with E-state index in [0.717, 1.165) is 22.6 Å². The van der Waals surface area contributed by atoms with Gasteiger partial charge in [-0.05, 0) is 114 Å². The summed E-state index contributed by atoms with van der Waals surface area (Å²) < 4.78 is 0. The van der Waals surface area contributed by atoms with Gasteiger partial charge in [-0.15, -0.1) is 0 Å². The van der Waals surface area contributed by atoms with Gasteiger partial charge in [0.15, 0.2) is 0 Å². The zero-order chi connectivity index (χ0) is 34.3. The van der Waals surface area contributed by atoms with Crippen molar-refractivity contribution in [3.05, 3.63) is 194 Å². The van der Waals surface area contributed by atoms with E-state index in [4.69, 9.17) is 5.41 Å². The van der Waals surface area contributed by atoms with E-state index in [0.29, 0.717) is 0 Å². The lowest BCUT2D eigenvalue weighted by Gasteiger charge is -2.26. The summed E-state index contributed by atoms with van der Waals surface area (Å²) in [5, 5.41) is 12.9. The van der Waals surface area contributed by atoms with Crippen LogP contribution in [-0.4, -0.2) is 6.21 Å². The SMILES string of the molecule is C=C/C(=C\C=N)N(c1ccccc1)c1cccc(-c2ccc3c4c(cccc24)-c2c-3c(-c3ccccc3)c3ccccc3c2-c2ccccc2)c1. The van der Waals surface area contributed by atoms with E-state index < -0.39 is 0 Å². The third kappa shape index (κ3) is 4.92. The zero-order valence-corrected chi connectivity index (χ0v) is 28.1. The van der Waals surface area contributed by atoms with Crippen LogP contribution in [0.3, 0.4) is 0 Å². The number of anilines is 2. The number of fused-ring (bicyclic) bond motifs is 4. The van der Waals surface area contributed by atoms with E-state index >= 15 is 0 Å². The van der Waals surface area contributed by atoms with Crippen LogP contribution in [-0.2, 0) is 0 Å². The molecule has 240 valence electrons. The Bertz CT molecular complexity index is 2560. The molecule has 0 aliphatic heterocycles. The summed E-state index contributed by atoms with van der Waals surface area (Å²) in [5.41, 5.74) is 15.3. The minimum Gasteiger partial charge on any atom is -0.310 e. The van der Waals surface area contributed by atoms with Crippen LogP contribution < -0.4 is 4.90 Å². The predicted octanol–water partition coefficient (Wildman–Crippen LogP) is 13.5. The molecule has 1 aliphatic rings. The van der Waals surface area contributed by atoms with Crippen LogP contribution >= 0.6 is 0 Å². The van der Waals surface area contributed by atoms with Gasteiger partial charge in [0.25, 0.3) is 0 Å². The Labute approximate surface area is 298 Å². The molecule has 8 aromatic carbocycles. The van der Waals surface area contributed by atoms with Crippen LogP contribution in [0.25, 0.3) is 77.2 Å². The highest BCUT2D eigenvalue weighted by Gasteiger charge is 2.31. The van der Waals surface area contributed by atoms with Gasteiger partial charge >= 0.3 is 0 Å². The molecular formula is C49H34N2. The van der Waals surface area contributed by atoms with Crippen LogP contribution in [0.4, 0.5) is 11.4 Å². The van der Waals surface area contributed by atoms with E-state index in [-0.39, 0.29) is 0 Å². The highest BCUT2D eigenvalue weighted by Crippen LogP contribution is 2.58. The van der Waals surface area contributed by atoms with Crippen molar-refractivity contribution in [2.45, 2.75) is 0 Å². The fourth-order valence-electron chi connectivity index (χ4n) is 8.02. The molecule has 51 heavy (non-hydrogen) atoms. The van der Waals surface area contributed by atoms with Crippen molar-refractivity contribution in [3.8, 4) is 55.6 Å². The predicted molar refractivity (Wildman–Crippen MR) is 218 cm³/mol. The molecule has 0 aromatic heterocycles. The van der Waals surface area contributed by atoms with Gasteiger partial charge in [0, 0.05) is 23.3 Å². The van der Waals surface area contributed by atoms with Gasteiger partial charge < -0.3 is 10.3 Å². The Balaban J connectivity index is 1.32. The molecule has 2 heteroatoms. The number of benzene rings is 8. The topological polar surface area (TPSA) is 27.1 Å². The smallest absolute Gasteiger partial charge is 0.0470 e. The second-order valence-electron chi connectivity index (χ2n) is 12.9. The number of nitrogens with one attached hydrogen (secondary N) is 1. The lowest BCUT2D eigenvalue weighted by Crippen LogP contribution is -2.15. The van der Waals surface area contributed by atoms with Crippen molar-refractivity contribution in [1.29, 1.82) is 5.41 Å². The third-order valence-electron chi connectivity index (χ3n) is 10.1. The first-order chi connectivity index (χ1) is 25.3. The van der Waals surface area contributed by atoms with E-state index in [9.17, 15) is 0 Å². The van der Waals surface area contributed by atoms with Gasteiger partial charge in [0.05, 0.1) is 0 Å². The quantitative estimate of drug-likeness (QED) is 0.129. The fourth-order valence-corrected chi connectivity index (χ4v) is 8.02. The summed E-state index contributed by atoms with van der Waals surface area (Å²) in [6, 6.07) is 61.0. The Kier molecular flexibility index (Phi) is 7.48. The number of para-hydroxylation sites is 1.